The Hall–Kier alpha value is -2.99. The molecule has 0 aliphatic rings. The zero-order valence-electron chi connectivity index (χ0n) is 13.2. The summed E-state index contributed by atoms with van der Waals surface area (Å²) in [6, 6.07) is 10.4. The van der Waals surface area contributed by atoms with Gasteiger partial charge in [0.2, 0.25) is 5.88 Å². The molecular formula is C18H17N3O3. The molecule has 0 aliphatic heterocycles. The highest BCUT2D eigenvalue weighted by Crippen LogP contribution is 2.27. The van der Waals surface area contributed by atoms with Crippen LogP contribution in [0.2, 0.25) is 0 Å². The summed E-state index contributed by atoms with van der Waals surface area (Å²) in [6.45, 7) is 0. The SMILES string of the molecule is COC(=O)[C@@H](N)Cc1ccc(Oc2nccc3cnccc23)cc1. The van der Waals surface area contributed by atoms with Crippen molar-refractivity contribution >= 4 is 16.7 Å². The Balaban J connectivity index is 1.75. The van der Waals surface area contributed by atoms with Crippen molar-refractivity contribution in [1.29, 1.82) is 0 Å². The van der Waals surface area contributed by atoms with Gasteiger partial charge in [0.1, 0.15) is 11.8 Å². The monoisotopic (exact) mass is 323 g/mol. The fourth-order valence-corrected chi connectivity index (χ4v) is 2.36. The van der Waals surface area contributed by atoms with Crippen LogP contribution in [0.4, 0.5) is 0 Å². The third-order valence-electron chi connectivity index (χ3n) is 3.63. The molecule has 6 heteroatoms. The minimum atomic E-state index is -0.672. The largest absolute Gasteiger partial charge is 0.468 e. The van der Waals surface area contributed by atoms with Crippen molar-refractivity contribution in [2.24, 2.45) is 5.73 Å². The number of ether oxygens (including phenoxy) is 2. The third kappa shape index (κ3) is 3.49. The summed E-state index contributed by atoms with van der Waals surface area (Å²) in [5, 5.41) is 1.85. The number of fused-ring (bicyclic) bond motifs is 1. The Kier molecular flexibility index (Phi) is 4.67. The van der Waals surface area contributed by atoms with E-state index in [4.69, 9.17) is 10.5 Å². The number of carbonyl (C=O) groups is 1. The Morgan fingerprint density at radius 2 is 1.96 bits per heavy atom. The van der Waals surface area contributed by atoms with Gasteiger partial charge in [-0.15, -0.1) is 0 Å². The van der Waals surface area contributed by atoms with Gasteiger partial charge in [0.15, 0.2) is 0 Å². The summed E-state index contributed by atoms with van der Waals surface area (Å²) in [5.74, 6) is 0.750. The van der Waals surface area contributed by atoms with Gasteiger partial charge < -0.3 is 15.2 Å². The molecule has 122 valence electrons. The number of pyridine rings is 2. The fourth-order valence-electron chi connectivity index (χ4n) is 2.36. The van der Waals surface area contributed by atoms with E-state index in [1.54, 1.807) is 18.6 Å². The van der Waals surface area contributed by atoms with Gasteiger partial charge in [-0.3, -0.25) is 9.78 Å². The van der Waals surface area contributed by atoms with Gasteiger partial charge in [-0.25, -0.2) is 4.98 Å². The number of nitrogens with zero attached hydrogens (tertiary/aromatic N) is 2. The average molecular weight is 323 g/mol. The fraction of sp³-hybridized carbons (Fsp3) is 0.167. The normalized spacial score (nSPS) is 11.9. The van der Waals surface area contributed by atoms with Crippen LogP contribution in [0.15, 0.2) is 55.0 Å². The van der Waals surface area contributed by atoms with E-state index in [0.29, 0.717) is 18.1 Å². The van der Waals surface area contributed by atoms with Gasteiger partial charge >= 0.3 is 5.97 Å². The molecule has 0 saturated heterocycles. The molecule has 0 radical (unpaired) electrons. The van der Waals surface area contributed by atoms with Crippen molar-refractivity contribution in [2.75, 3.05) is 7.11 Å². The lowest BCUT2D eigenvalue weighted by molar-refractivity contribution is -0.142. The molecule has 1 atom stereocenters. The number of methoxy groups -OCH3 is 1. The molecule has 0 fully saturated rings. The minimum Gasteiger partial charge on any atom is -0.468 e. The van der Waals surface area contributed by atoms with Crippen LogP contribution in [-0.2, 0) is 16.0 Å². The van der Waals surface area contributed by atoms with E-state index in [-0.39, 0.29) is 0 Å². The predicted molar refractivity (Wildman–Crippen MR) is 89.7 cm³/mol. The van der Waals surface area contributed by atoms with Crippen LogP contribution in [0.3, 0.4) is 0 Å². The van der Waals surface area contributed by atoms with E-state index in [0.717, 1.165) is 16.3 Å². The Labute approximate surface area is 139 Å². The van der Waals surface area contributed by atoms with Gasteiger partial charge in [0.25, 0.3) is 0 Å². The molecule has 0 bridgehead atoms. The lowest BCUT2D eigenvalue weighted by atomic mass is 10.1. The second-order valence-electron chi connectivity index (χ2n) is 5.29. The highest BCUT2D eigenvalue weighted by atomic mass is 16.5. The maximum Gasteiger partial charge on any atom is 0.322 e. The molecule has 3 aromatic rings. The smallest absolute Gasteiger partial charge is 0.322 e. The van der Waals surface area contributed by atoms with Crippen LogP contribution in [0.5, 0.6) is 11.6 Å². The van der Waals surface area contributed by atoms with Crippen LogP contribution in [0, 0.1) is 0 Å². The molecule has 0 saturated carbocycles. The highest BCUT2D eigenvalue weighted by molar-refractivity contribution is 5.85. The van der Waals surface area contributed by atoms with Gasteiger partial charge in [-0.2, -0.15) is 0 Å². The van der Waals surface area contributed by atoms with E-state index in [2.05, 4.69) is 14.7 Å². The molecule has 1 aromatic carbocycles. The number of hydrogen-bond acceptors (Lipinski definition) is 6. The molecule has 0 unspecified atom stereocenters. The van der Waals surface area contributed by atoms with Crippen molar-refractivity contribution in [3.63, 3.8) is 0 Å². The summed E-state index contributed by atoms with van der Waals surface area (Å²) in [7, 11) is 1.33. The van der Waals surface area contributed by atoms with Gasteiger partial charge in [0.05, 0.1) is 7.11 Å². The lowest BCUT2D eigenvalue weighted by Gasteiger charge is -2.10. The molecular weight excluding hydrogens is 306 g/mol. The first kappa shape index (κ1) is 15.9. The van der Waals surface area contributed by atoms with E-state index < -0.39 is 12.0 Å². The number of benzene rings is 1. The first-order valence-electron chi connectivity index (χ1n) is 7.46. The van der Waals surface area contributed by atoms with E-state index >= 15 is 0 Å². The third-order valence-corrected chi connectivity index (χ3v) is 3.63. The number of esters is 1. The predicted octanol–water partition coefficient (Wildman–Crippen LogP) is 2.46. The summed E-state index contributed by atoms with van der Waals surface area (Å²) < 4.78 is 10.5. The molecule has 2 heterocycles. The second kappa shape index (κ2) is 7.06. The molecule has 2 N–H and O–H groups in total. The summed E-state index contributed by atoms with van der Waals surface area (Å²) in [6.07, 6.45) is 5.56. The Morgan fingerprint density at radius 3 is 2.71 bits per heavy atom. The molecule has 0 spiro atoms. The molecule has 2 aromatic heterocycles. The molecule has 3 rings (SSSR count). The summed E-state index contributed by atoms with van der Waals surface area (Å²) >= 11 is 0. The maximum absolute atomic E-state index is 11.4. The molecule has 0 amide bonds. The minimum absolute atomic E-state index is 0.408. The molecule has 24 heavy (non-hydrogen) atoms. The maximum atomic E-state index is 11.4. The van der Waals surface area contributed by atoms with Crippen LogP contribution < -0.4 is 10.5 Å². The molecule has 0 aliphatic carbocycles. The van der Waals surface area contributed by atoms with E-state index in [9.17, 15) is 4.79 Å². The molecule has 6 nitrogen and oxygen atoms in total. The Morgan fingerprint density at radius 1 is 1.17 bits per heavy atom. The Bertz CT molecular complexity index is 844. The van der Waals surface area contributed by atoms with Crippen LogP contribution >= 0.6 is 0 Å². The highest BCUT2D eigenvalue weighted by Gasteiger charge is 2.14. The van der Waals surface area contributed by atoms with Gasteiger partial charge in [0, 0.05) is 29.4 Å². The van der Waals surface area contributed by atoms with Crippen LogP contribution in [0.1, 0.15) is 5.56 Å². The number of nitrogens with two attached hydrogens (primary N) is 1. The topological polar surface area (TPSA) is 87.3 Å². The summed E-state index contributed by atoms with van der Waals surface area (Å²) in [5.41, 5.74) is 6.69. The van der Waals surface area contributed by atoms with Crippen LogP contribution in [-0.4, -0.2) is 29.1 Å². The van der Waals surface area contributed by atoms with Crippen molar-refractivity contribution < 1.29 is 14.3 Å². The van der Waals surface area contributed by atoms with Crippen molar-refractivity contribution in [3.05, 3.63) is 60.6 Å². The van der Waals surface area contributed by atoms with Crippen LogP contribution in [0.25, 0.3) is 10.8 Å². The quantitative estimate of drug-likeness (QED) is 0.726. The van der Waals surface area contributed by atoms with Gasteiger partial charge in [-0.05, 0) is 36.2 Å². The number of rotatable bonds is 5. The van der Waals surface area contributed by atoms with Crippen molar-refractivity contribution in [3.8, 4) is 11.6 Å². The first-order chi connectivity index (χ1) is 11.7. The standard InChI is InChI=1S/C18H17N3O3/c1-23-18(22)16(19)10-12-2-4-14(5-3-12)24-17-15-7-8-20-11-13(15)6-9-21-17/h2-9,11,16H,10,19H2,1H3/t16-/m0/s1. The number of carbonyl (C=O) groups excluding carboxylic acids is 1. The van der Waals surface area contributed by atoms with Crippen molar-refractivity contribution in [2.45, 2.75) is 12.5 Å². The lowest BCUT2D eigenvalue weighted by Crippen LogP contribution is -2.33. The second-order valence-corrected chi connectivity index (χ2v) is 5.29. The van der Waals surface area contributed by atoms with Crippen molar-refractivity contribution in [1.82, 2.24) is 9.97 Å². The van der Waals surface area contributed by atoms with E-state index in [1.165, 1.54) is 7.11 Å². The van der Waals surface area contributed by atoms with Gasteiger partial charge in [-0.1, -0.05) is 12.1 Å². The zero-order valence-corrected chi connectivity index (χ0v) is 13.2. The average Bonchev–Trinajstić information content (AvgIpc) is 2.63. The van der Waals surface area contributed by atoms with E-state index in [1.807, 2.05) is 36.4 Å². The number of aromatic nitrogens is 2. The first-order valence-corrected chi connectivity index (χ1v) is 7.46. The zero-order chi connectivity index (χ0) is 16.9. The summed E-state index contributed by atoms with van der Waals surface area (Å²) in [4.78, 5) is 19.7. The number of hydrogen-bond donors (Lipinski definition) is 1.